The van der Waals surface area contributed by atoms with Gasteiger partial charge in [-0.1, -0.05) is 30.3 Å². The fourth-order valence-electron chi connectivity index (χ4n) is 3.44. The maximum absolute atomic E-state index is 14.6. The van der Waals surface area contributed by atoms with E-state index in [4.69, 9.17) is 0 Å². The zero-order valence-electron chi connectivity index (χ0n) is 14.0. The molecule has 2 aromatic rings. The third-order valence-corrected chi connectivity index (χ3v) is 5.16. The van der Waals surface area contributed by atoms with Crippen LogP contribution in [0.15, 0.2) is 42.5 Å². The van der Waals surface area contributed by atoms with Crippen molar-refractivity contribution in [1.82, 2.24) is 15.1 Å². The van der Waals surface area contributed by atoms with Crippen LogP contribution in [0.3, 0.4) is 0 Å². The molecule has 6 heteroatoms. The molecule has 1 N–H and O–H groups in total. The van der Waals surface area contributed by atoms with Crippen LogP contribution < -0.4 is 5.32 Å². The van der Waals surface area contributed by atoms with E-state index in [9.17, 15) is 9.18 Å². The Balaban J connectivity index is 1.35. The molecule has 0 radical (unpaired) electrons. The van der Waals surface area contributed by atoms with Gasteiger partial charge in [0.1, 0.15) is 5.67 Å². The number of nitrogens with zero attached hydrogens (tertiary/aromatic N) is 3. The molecule has 2 heterocycles. The van der Waals surface area contributed by atoms with Crippen molar-refractivity contribution in [3.8, 4) is 11.3 Å². The highest BCUT2D eigenvalue weighted by molar-refractivity contribution is 5.88. The second kappa shape index (κ2) is 6.43. The molecule has 2 amide bonds. The second-order valence-corrected chi connectivity index (χ2v) is 6.90. The van der Waals surface area contributed by atoms with Crippen LogP contribution in [0, 0.1) is 5.92 Å². The average Bonchev–Trinajstić information content (AvgIpc) is 3.49. The maximum atomic E-state index is 14.6. The summed E-state index contributed by atoms with van der Waals surface area (Å²) in [7, 11) is 0. The Kier molecular flexibility index (Phi) is 4.11. The van der Waals surface area contributed by atoms with E-state index in [1.54, 1.807) is 11.0 Å². The molecule has 0 unspecified atom stereocenters. The Morgan fingerprint density at radius 2 is 1.80 bits per heavy atom. The Bertz CT molecular complexity index is 738. The van der Waals surface area contributed by atoms with Crippen LogP contribution in [0.2, 0.25) is 0 Å². The van der Waals surface area contributed by atoms with Crippen molar-refractivity contribution in [2.24, 2.45) is 5.92 Å². The van der Waals surface area contributed by atoms with Gasteiger partial charge in [0.15, 0.2) is 5.82 Å². The van der Waals surface area contributed by atoms with Gasteiger partial charge in [0.05, 0.1) is 5.69 Å². The third-order valence-electron chi connectivity index (χ3n) is 5.16. The molecule has 2 aliphatic rings. The first-order chi connectivity index (χ1) is 12.1. The third kappa shape index (κ3) is 3.48. The number of alkyl halides is 1. The van der Waals surface area contributed by atoms with Crippen molar-refractivity contribution >= 4 is 11.8 Å². The first-order valence-corrected chi connectivity index (χ1v) is 8.78. The number of carbonyl (C=O) groups excluding carboxylic acids is 1. The number of hydrogen-bond donors (Lipinski definition) is 1. The van der Waals surface area contributed by atoms with Crippen molar-refractivity contribution in [2.75, 3.05) is 18.4 Å². The maximum Gasteiger partial charge on any atom is 0.323 e. The van der Waals surface area contributed by atoms with Crippen molar-refractivity contribution < 1.29 is 9.18 Å². The van der Waals surface area contributed by atoms with Crippen LogP contribution in [0.1, 0.15) is 25.7 Å². The molecule has 1 saturated heterocycles. The fourth-order valence-corrected chi connectivity index (χ4v) is 3.44. The number of piperidine rings is 1. The van der Waals surface area contributed by atoms with Gasteiger partial charge in [-0.05, 0) is 43.7 Å². The summed E-state index contributed by atoms with van der Waals surface area (Å²) in [5.74, 6) is 0.623. The molecule has 5 nitrogen and oxygen atoms in total. The molecule has 2 fully saturated rings. The van der Waals surface area contributed by atoms with Gasteiger partial charge in [0, 0.05) is 18.7 Å². The lowest BCUT2D eigenvalue weighted by atomic mass is 9.89. The molecular formula is C19H21FN4O. The van der Waals surface area contributed by atoms with Crippen LogP contribution in [-0.4, -0.2) is 39.9 Å². The van der Waals surface area contributed by atoms with Gasteiger partial charge in [-0.3, -0.25) is 5.32 Å². The molecule has 0 bridgehead atoms. The minimum atomic E-state index is -1.06. The van der Waals surface area contributed by atoms with E-state index in [0.717, 1.165) is 24.1 Å². The summed E-state index contributed by atoms with van der Waals surface area (Å²) in [5.41, 5.74) is 0.667. The van der Waals surface area contributed by atoms with Gasteiger partial charge in [0.25, 0.3) is 0 Å². The largest absolute Gasteiger partial charge is 0.324 e. The minimum absolute atomic E-state index is 0.217. The van der Waals surface area contributed by atoms with E-state index in [0.29, 0.717) is 31.7 Å². The fraction of sp³-hybridized carbons (Fsp3) is 0.421. The highest BCUT2D eigenvalue weighted by atomic mass is 19.1. The van der Waals surface area contributed by atoms with Crippen molar-refractivity contribution in [1.29, 1.82) is 0 Å². The first-order valence-electron chi connectivity index (χ1n) is 8.78. The number of benzene rings is 1. The predicted octanol–water partition coefficient (Wildman–Crippen LogP) is 3.89. The predicted molar refractivity (Wildman–Crippen MR) is 93.9 cm³/mol. The van der Waals surface area contributed by atoms with Crippen LogP contribution in [0.4, 0.5) is 15.0 Å². The minimum Gasteiger partial charge on any atom is -0.324 e. The van der Waals surface area contributed by atoms with Crippen LogP contribution in [0.25, 0.3) is 11.3 Å². The lowest BCUT2D eigenvalue weighted by molar-refractivity contribution is 0.0540. The number of anilines is 1. The lowest BCUT2D eigenvalue weighted by Crippen LogP contribution is -2.47. The summed E-state index contributed by atoms with van der Waals surface area (Å²) < 4.78 is 14.6. The molecule has 130 valence electrons. The number of rotatable bonds is 3. The Labute approximate surface area is 146 Å². The van der Waals surface area contributed by atoms with E-state index in [1.165, 1.54) is 0 Å². The number of halogens is 1. The molecular weight excluding hydrogens is 319 g/mol. The summed E-state index contributed by atoms with van der Waals surface area (Å²) in [5, 5.41) is 11.0. The van der Waals surface area contributed by atoms with E-state index >= 15 is 0 Å². The highest BCUT2D eigenvalue weighted by Crippen LogP contribution is 2.47. The molecule has 1 aromatic carbocycles. The number of aromatic nitrogens is 2. The van der Waals surface area contributed by atoms with Gasteiger partial charge in [0.2, 0.25) is 0 Å². The van der Waals surface area contributed by atoms with Crippen LogP contribution in [-0.2, 0) is 0 Å². The number of urea groups is 1. The van der Waals surface area contributed by atoms with Gasteiger partial charge in [-0.2, -0.15) is 0 Å². The zero-order chi connectivity index (χ0) is 17.3. The summed E-state index contributed by atoms with van der Waals surface area (Å²) in [6, 6.07) is 13.1. The SMILES string of the molecule is O=C(Nc1ccc(-c2ccccc2)nn1)N1CCC(F)(C2CC2)CC1. The van der Waals surface area contributed by atoms with Crippen LogP contribution >= 0.6 is 0 Å². The standard InChI is InChI=1S/C19H21FN4O/c20-19(15-6-7-15)10-12-24(13-11-19)18(25)21-17-9-8-16(22-23-17)14-4-2-1-3-5-14/h1-5,8-9,15H,6-7,10-13H2,(H,21,23,25). The highest BCUT2D eigenvalue weighted by Gasteiger charge is 2.47. The quantitative estimate of drug-likeness (QED) is 0.922. The molecule has 0 atom stereocenters. The van der Waals surface area contributed by atoms with E-state index in [1.807, 2.05) is 36.4 Å². The van der Waals surface area contributed by atoms with Gasteiger partial charge in [-0.25, -0.2) is 9.18 Å². The van der Waals surface area contributed by atoms with Gasteiger partial charge < -0.3 is 4.90 Å². The Morgan fingerprint density at radius 3 is 2.40 bits per heavy atom. The van der Waals surface area contributed by atoms with Crippen LogP contribution in [0.5, 0.6) is 0 Å². The number of hydrogen-bond acceptors (Lipinski definition) is 3. The van der Waals surface area contributed by atoms with Crippen molar-refractivity contribution in [3.63, 3.8) is 0 Å². The number of carbonyl (C=O) groups is 1. The normalized spacial score (nSPS) is 19.5. The Hall–Kier alpha value is -2.50. The average molecular weight is 340 g/mol. The lowest BCUT2D eigenvalue weighted by Gasteiger charge is -2.36. The molecule has 25 heavy (non-hydrogen) atoms. The molecule has 1 saturated carbocycles. The topological polar surface area (TPSA) is 58.1 Å². The Morgan fingerprint density at radius 1 is 1.08 bits per heavy atom. The van der Waals surface area contributed by atoms with E-state index in [-0.39, 0.29) is 11.9 Å². The summed E-state index contributed by atoms with van der Waals surface area (Å²) in [6.45, 7) is 0.905. The number of amides is 2. The second-order valence-electron chi connectivity index (χ2n) is 6.90. The van der Waals surface area contributed by atoms with E-state index < -0.39 is 5.67 Å². The van der Waals surface area contributed by atoms with Crippen molar-refractivity contribution in [3.05, 3.63) is 42.5 Å². The van der Waals surface area contributed by atoms with Crippen molar-refractivity contribution in [2.45, 2.75) is 31.4 Å². The van der Waals surface area contributed by atoms with Gasteiger partial charge in [-0.15, -0.1) is 10.2 Å². The molecule has 1 aromatic heterocycles. The first kappa shape index (κ1) is 16.0. The molecule has 4 rings (SSSR count). The van der Waals surface area contributed by atoms with E-state index in [2.05, 4.69) is 15.5 Å². The monoisotopic (exact) mass is 340 g/mol. The molecule has 0 spiro atoms. The van der Waals surface area contributed by atoms with Gasteiger partial charge >= 0.3 is 6.03 Å². The number of likely N-dealkylation sites (tertiary alicyclic amines) is 1. The smallest absolute Gasteiger partial charge is 0.323 e. The molecule has 1 aliphatic carbocycles. The summed E-state index contributed by atoms with van der Waals surface area (Å²) in [4.78, 5) is 14.0. The summed E-state index contributed by atoms with van der Waals surface area (Å²) in [6.07, 6.45) is 2.85. The molecule has 1 aliphatic heterocycles. The number of nitrogens with one attached hydrogen (secondary N) is 1. The summed E-state index contributed by atoms with van der Waals surface area (Å²) >= 11 is 0. The zero-order valence-corrected chi connectivity index (χ0v) is 14.0.